The number of nitrogens with one attached hydrogen (secondary N) is 1. The predicted octanol–water partition coefficient (Wildman–Crippen LogP) is 1.67. The fraction of sp³-hybridized carbons (Fsp3) is 0.571. The average Bonchev–Trinajstić information content (AvgIpc) is 3.27. The van der Waals surface area contributed by atoms with E-state index in [0.717, 1.165) is 18.7 Å². The summed E-state index contributed by atoms with van der Waals surface area (Å²) in [5.74, 6) is 0. The molecule has 2 rings (SSSR count). The largest absolute Gasteiger partial charge is 0.326 e. The van der Waals surface area contributed by atoms with Gasteiger partial charge in [-0.05, 0) is 53.0 Å². The molecule has 118 valence electrons. The Hall–Kier alpha value is -0.470. The summed E-state index contributed by atoms with van der Waals surface area (Å²) in [6, 6.07) is 5.72. The lowest BCUT2D eigenvalue weighted by molar-refractivity contribution is 0.282. The fourth-order valence-electron chi connectivity index (χ4n) is 2.33. The van der Waals surface area contributed by atoms with Crippen LogP contribution in [0.3, 0.4) is 0 Å². The van der Waals surface area contributed by atoms with Crippen molar-refractivity contribution in [2.45, 2.75) is 37.2 Å². The molecule has 0 saturated heterocycles. The van der Waals surface area contributed by atoms with Crippen molar-refractivity contribution in [1.29, 1.82) is 0 Å². The Morgan fingerprint density at radius 3 is 2.67 bits per heavy atom. The summed E-state index contributed by atoms with van der Waals surface area (Å²) in [4.78, 5) is 2.57. The second-order valence-corrected chi connectivity index (χ2v) is 7.82. The number of sulfonamides is 1. The number of nitrogens with two attached hydrogens (primary N) is 1. The zero-order valence-electron chi connectivity index (χ0n) is 12.2. The van der Waals surface area contributed by atoms with Crippen molar-refractivity contribution in [3.05, 3.63) is 28.2 Å². The Labute approximate surface area is 135 Å². The van der Waals surface area contributed by atoms with E-state index >= 15 is 0 Å². The summed E-state index contributed by atoms with van der Waals surface area (Å²) in [7, 11) is -3.49. The molecule has 7 heteroatoms. The molecule has 0 amide bonds. The fourth-order valence-corrected chi connectivity index (χ4v) is 4.47. The van der Waals surface area contributed by atoms with Gasteiger partial charge in [0.25, 0.3) is 0 Å². The number of likely N-dealkylation sites (N-methyl/N-ethyl adjacent to an activating group) is 1. The molecule has 1 saturated carbocycles. The van der Waals surface area contributed by atoms with E-state index in [9.17, 15) is 8.42 Å². The van der Waals surface area contributed by atoms with Crippen LogP contribution in [0.4, 0.5) is 0 Å². The molecular weight excluding hydrogens is 354 g/mol. The van der Waals surface area contributed by atoms with Crippen LogP contribution in [0.1, 0.15) is 25.3 Å². The van der Waals surface area contributed by atoms with Gasteiger partial charge >= 0.3 is 0 Å². The topological polar surface area (TPSA) is 75.4 Å². The van der Waals surface area contributed by atoms with Crippen LogP contribution in [0.15, 0.2) is 27.6 Å². The highest BCUT2D eigenvalue weighted by Gasteiger charge is 2.27. The summed E-state index contributed by atoms with van der Waals surface area (Å²) < 4.78 is 27.9. The highest BCUT2D eigenvalue weighted by Crippen LogP contribution is 2.26. The third-order valence-electron chi connectivity index (χ3n) is 3.68. The van der Waals surface area contributed by atoms with Gasteiger partial charge in [0.15, 0.2) is 0 Å². The number of rotatable bonds is 8. The first-order chi connectivity index (χ1) is 9.97. The third kappa shape index (κ3) is 4.50. The molecular formula is C14H22BrN3O2S. The standard InChI is InChI=1S/C14H22BrN3O2S/c1-2-18(12-4-5-12)8-7-17-21(19,20)14-6-3-11(10-16)9-13(14)15/h3,6,9,12,17H,2,4-5,7-8,10,16H2,1H3. The first-order valence-electron chi connectivity index (χ1n) is 7.20. The highest BCUT2D eigenvalue weighted by molar-refractivity contribution is 9.10. The maximum Gasteiger partial charge on any atom is 0.241 e. The Balaban J connectivity index is 1.97. The van der Waals surface area contributed by atoms with Crippen LogP contribution in [0.5, 0.6) is 0 Å². The van der Waals surface area contributed by atoms with Crippen molar-refractivity contribution in [1.82, 2.24) is 9.62 Å². The zero-order chi connectivity index (χ0) is 15.5. The van der Waals surface area contributed by atoms with Crippen molar-refractivity contribution in [2.75, 3.05) is 19.6 Å². The van der Waals surface area contributed by atoms with Crippen LogP contribution in [-0.4, -0.2) is 39.0 Å². The summed E-state index contributed by atoms with van der Waals surface area (Å²) >= 11 is 3.31. The molecule has 0 unspecified atom stereocenters. The molecule has 1 aliphatic rings. The lowest BCUT2D eigenvalue weighted by Crippen LogP contribution is -2.36. The average molecular weight is 376 g/mol. The van der Waals surface area contributed by atoms with Crippen molar-refractivity contribution in [3.63, 3.8) is 0 Å². The number of hydrogen-bond acceptors (Lipinski definition) is 4. The van der Waals surface area contributed by atoms with Gasteiger partial charge < -0.3 is 5.73 Å². The van der Waals surface area contributed by atoms with Crippen LogP contribution >= 0.6 is 15.9 Å². The number of halogens is 1. The second-order valence-electron chi connectivity index (χ2n) is 5.23. The molecule has 0 heterocycles. The van der Waals surface area contributed by atoms with E-state index < -0.39 is 10.0 Å². The predicted molar refractivity (Wildman–Crippen MR) is 87.5 cm³/mol. The highest BCUT2D eigenvalue weighted by atomic mass is 79.9. The minimum Gasteiger partial charge on any atom is -0.326 e. The molecule has 0 atom stereocenters. The zero-order valence-corrected chi connectivity index (χ0v) is 14.6. The smallest absolute Gasteiger partial charge is 0.241 e. The van der Waals surface area contributed by atoms with Gasteiger partial charge in [-0.3, -0.25) is 4.90 Å². The maximum atomic E-state index is 12.3. The molecule has 1 fully saturated rings. The van der Waals surface area contributed by atoms with Crippen molar-refractivity contribution >= 4 is 26.0 Å². The molecule has 1 aromatic carbocycles. The molecule has 0 aromatic heterocycles. The van der Waals surface area contributed by atoms with Crippen molar-refractivity contribution < 1.29 is 8.42 Å². The van der Waals surface area contributed by atoms with Gasteiger partial charge in [-0.1, -0.05) is 13.0 Å². The van der Waals surface area contributed by atoms with Crippen LogP contribution in [-0.2, 0) is 16.6 Å². The van der Waals surface area contributed by atoms with E-state index in [2.05, 4.69) is 32.5 Å². The molecule has 1 aliphatic carbocycles. The monoisotopic (exact) mass is 375 g/mol. The van der Waals surface area contributed by atoms with Gasteiger partial charge in [0, 0.05) is 30.1 Å². The summed E-state index contributed by atoms with van der Waals surface area (Å²) in [6.07, 6.45) is 2.46. The normalized spacial score (nSPS) is 15.6. The van der Waals surface area contributed by atoms with Gasteiger partial charge in [0.05, 0.1) is 4.90 Å². The summed E-state index contributed by atoms with van der Waals surface area (Å²) in [6.45, 7) is 4.63. The van der Waals surface area contributed by atoms with Crippen LogP contribution < -0.4 is 10.5 Å². The minimum absolute atomic E-state index is 0.258. The number of nitrogens with zero attached hydrogens (tertiary/aromatic N) is 1. The number of hydrogen-bond donors (Lipinski definition) is 2. The number of benzene rings is 1. The van der Waals surface area contributed by atoms with E-state index in [0.29, 0.717) is 23.6 Å². The lowest BCUT2D eigenvalue weighted by atomic mass is 10.2. The molecule has 0 radical (unpaired) electrons. The van der Waals surface area contributed by atoms with E-state index in [1.807, 2.05) is 0 Å². The Morgan fingerprint density at radius 1 is 1.43 bits per heavy atom. The Morgan fingerprint density at radius 2 is 2.14 bits per heavy atom. The van der Waals surface area contributed by atoms with Gasteiger partial charge in [-0.2, -0.15) is 0 Å². The first kappa shape index (κ1) is 16.9. The van der Waals surface area contributed by atoms with Gasteiger partial charge in [0.2, 0.25) is 10.0 Å². The lowest BCUT2D eigenvalue weighted by Gasteiger charge is -2.19. The molecule has 5 nitrogen and oxygen atoms in total. The minimum atomic E-state index is -3.49. The van der Waals surface area contributed by atoms with Crippen molar-refractivity contribution in [3.8, 4) is 0 Å². The van der Waals surface area contributed by atoms with Crippen LogP contribution in [0, 0.1) is 0 Å². The second kappa shape index (κ2) is 7.19. The van der Waals surface area contributed by atoms with Crippen molar-refractivity contribution in [2.24, 2.45) is 5.73 Å². The molecule has 0 spiro atoms. The maximum absolute atomic E-state index is 12.3. The van der Waals surface area contributed by atoms with Gasteiger partial charge in [-0.15, -0.1) is 0 Å². The molecule has 0 bridgehead atoms. The molecule has 1 aromatic rings. The third-order valence-corrected chi connectivity index (χ3v) is 6.12. The molecule has 0 aliphatic heterocycles. The van der Waals surface area contributed by atoms with Crippen LogP contribution in [0.2, 0.25) is 0 Å². The quantitative estimate of drug-likeness (QED) is 0.724. The van der Waals surface area contributed by atoms with Crippen LogP contribution in [0.25, 0.3) is 0 Å². The first-order valence-corrected chi connectivity index (χ1v) is 9.47. The molecule has 21 heavy (non-hydrogen) atoms. The van der Waals surface area contributed by atoms with Gasteiger partial charge in [0.1, 0.15) is 0 Å². The van der Waals surface area contributed by atoms with Gasteiger partial charge in [-0.25, -0.2) is 13.1 Å². The SMILES string of the molecule is CCN(CCNS(=O)(=O)c1ccc(CN)cc1Br)C1CC1. The summed E-state index contributed by atoms with van der Waals surface area (Å²) in [5, 5.41) is 0. The Kier molecular flexibility index (Phi) is 5.79. The van der Waals surface area contributed by atoms with E-state index in [1.54, 1.807) is 18.2 Å². The van der Waals surface area contributed by atoms with E-state index in [-0.39, 0.29) is 4.90 Å². The molecule has 3 N–H and O–H groups in total. The van der Waals surface area contributed by atoms with E-state index in [4.69, 9.17) is 5.73 Å². The summed E-state index contributed by atoms with van der Waals surface area (Å²) in [5.41, 5.74) is 6.44. The Bertz CT molecular complexity index is 588. The van der Waals surface area contributed by atoms with E-state index in [1.165, 1.54) is 12.8 Å².